The monoisotopic (exact) mass is 434 g/mol. The van der Waals surface area contributed by atoms with Gasteiger partial charge in [0.15, 0.2) is 0 Å². The molecule has 0 aliphatic rings. The van der Waals surface area contributed by atoms with Crippen molar-refractivity contribution in [3.8, 4) is 0 Å². The molecule has 1 rings (SSSR count). The fraction of sp³-hybridized carbons (Fsp3) is 0.467. The van der Waals surface area contributed by atoms with Crippen molar-refractivity contribution >= 4 is 40.2 Å². The minimum absolute atomic E-state index is 0.0288. The van der Waals surface area contributed by atoms with Gasteiger partial charge in [0, 0.05) is 18.6 Å². The summed E-state index contributed by atoms with van der Waals surface area (Å²) >= 11 is 1.90. The quantitative estimate of drug-likeness (QED) is 0.244. The van der Waals surface area contributed by atoms with Crippen molar-refractivity contribution in [2.24, 2.45) is 0 Å². The lowest BCUT2D eigenvalue weighted by atomic mass is 10.0. The van der Waals surface area contributed by atoms with Crippen molar-refractivity contribution in [1.29, 1.82) is 0 Å². The molecule has 0 saturated heterocycles. The summed E-state index contributed by atoms with van der Waals surface area (Å²) in [4.78, 5) is 34.0. The number of carbonyl (C=O) groups is 2. The number of hydrogen-bond acceptors (Lipinski definition) is 5. The van der Waals surface area contributed by atoms with Gasteiger partial charge in [0.05, 0.1) is 9.35 Å². The summed E-state index contributed by atoms with van der Waals surface area (Å²) in [7, 11) is 0. The van der Waals surface area contributed by atoms with Crippen LogP contribution in [0.3, 0.4) is 0 Å². The number of halogens is 1. The van der Waals surface area contributed by atoms with E-state index in [1.54, 1.807) is 32.9 Å². The summed E-state index contributed by atoms with van der Waals surface area (Å²) in [6.45, 7) is 5.23. The van der Waals surface area contributed by atoms with E-state index in [0.29, 0.717) is 5.56 Å². The van der Waals surface area contributed by atoms with Gasteiger partial charge in [0.1, 0.15) is 11.6 Å². The molecule has 0 heterocycles. The first kappa shape index (κ1) is 19.3. The Hall–Kier alpha value is -1.71. The third-order valence-electron chi connectivity index (χ3n) is 2.73. The van der Waals surface area contributed by atoms with Crippen molar-refractivity contribution in [2.45, 2.75) is 38.8 Å². The highest BCUT2D eigenvalue weighted by Gasteiger charge is 2.26. The zero-order valence-corrected chi connectivity index (χ0v) is 15.3. The fourth-order valence-electron chi connectivity index (χ4n) is 1.79. The molecule has 0 aromatic heterocycles. The Morgan fingerprint density at radius 2 is 1.87 bits per heavy atom. The first-order valence-electron chi connectivity index (χ1n) is 6.94. The molecule has 1 N–H and O–H groups in total. The molecule has 1 aromatic rings. The number of amides is 1. The van der Waals surface area contributed by atoms with Crippen LogP contribution in [0, 0.1) is 10.1 Å². The molecule has 0 fully saturated rings. The zero-order valence-electron chi connectivity index (χ0n) is 13.2. The first-order valence-corrected chi connectivity index (χ1v) is 8.46. The van der Waals surface area contributed by atoms with Crippen LogP contribution < -0.4 is 5.32 Å². The van der Waals surface area contributed by atoms with Crippen molar-refractivity contribution < 1.29 is 19.2 Å². The highest BCUT2D eigenvalue weighted by atomic mass is 127. The number of nitrogens with one attached hydrogen (secondary N) is 1. The predicted molar refractivity (Wildman–Crippen MR) is 93.5 cm³/mol. The molecule has 0 spiro atoms. The van der Waals surface area contributed by atoms with E-state index in [1.807, 2.05) is 22.6 Å². The fourth-order valence-corrected chi connectivity index (χ4v) is 2.01. The normalized spacial score (nSPS) is 12.3. The molecule has 126 valence electrons. The van der Waals surface area contributed by atoms with E-state index >= 15 is 0 Å². The van der Waals surface area contributed by atoms with Gasteiger partial charge in [-0.25, -0.2) is 4.79 Å². The Kier molecular flexibility index (Phi) is 6.92. The van der Waals surface area contributed by atoms with Crippen LogP contribution >= 0.6 is 22.6 Å². The van der Waals surface area contributed by atoms with Gasteiger partial charge in [0.2, 0.25) is 5.91 Å². The maximum Gasteiger partial charge on any atom is 0.329 e. The maximum atomic E-state index is 12.2. The molecule has 0 bridgehead atoms. The average Bonchev–Trinajstić information content (AvgIpc) is 2.45. The number of nitro groups is 1. The average molecular weight is 434 g/mol. The van der Waals surface area contributed by atoms with Crippen LogP contribution in [0.25, 0.3) is 0 Å². The Bertz CT molecular complexity index is 581. The number of benzene rings is 1. The molecule has 7 nitrogen and oxygen atoms in total. The van der Waals surface area contributed by atoms with Crippen LogP contribution in [0.5, 0.6) is 0 Å². The highest BCUT2D eigenvalue weighted by Crippen LogP contribution is 2.15. The van der Waals surface area contributed by atoms with Gasteiger partial charge in [-0.05, 0) is 26.3 Å². The lowest BCUT2D eigenvalue weighted by Crippen LogP contribution is -2.45. The highest BCUT2D eigenvalue weighted by molar-refractivity contribution is 14.1. The molecular formula is C15H19IN2O5. The summed E-state index contributed by atoms with van der Waals surface area (Å²) in [5.41, 5.74) is -0.000988. The van der Waals surface area contributed by atoms with Crippen LogP contribution in [0.1, 0.15) is 26.3 Å². The lowest BCUT2D eigenvalue weighted by Gasteiger charge is -2.24. The Morgan fingerprint density at radius 3 is 2.30 bits per heavy atom. The largest absolute Gasteiger partial charge is 0.458 e. The molecule has 23 heavy (non-hydrogen) atoms. The van der Waals surface area contributed by atoms with Crippen LogP contribution in [-0.4, -0.2) is 32.9 Å². The second-order valence-electron chi connectivity index (χ2n) is 5.91. The molecule has 0 unspecified atom stereocenters. The van der Waals surface area contributed by atoms with E-state index in [1.165, 1.54) is 12.1 Å². The molecule has 0 radical (unpaired) electrons. The number of alkyl halides is 1. The minimum Gasteiger partial charge on any atom is -0.458 e. The molecule has 0 aliphatic heterocycles. The SMILES string of the molecule is CC(C)(C)OC(=O)[C@H](Cc1ccc([N+](=O)[O-])cc1)NC(=O)CI. The van der Waals surface area contributed by atoms with Crippen LogP contribution in [0.2, 0.25) is 0 Å². The third kappa shape index (κ3) is 6.93. The van der Waals surface area contributed by atoms with Gasteiger partial charge in [-0.3, -0.25) is 14.9 Å². The van der Waals surface area contributed by atoms with E-state index in [9.17, 15) is 19.7 Å². The number of esters is 1. The summed E-state index contributed by atoms with van der Waals surface area (Å²) in [6.07, 6.45) is 0.204. The van der Waals surface area contributed by atoms with Crippen molar-refractivity contribution in [3.63, 3.8) is 0 Å². The van der Waals surface area contributed by atoms with Gasteiger partial charge < -0.3 is 10.1 Å². The second kappa shape index (κ2) is 8.23. The standard InChI is InChI=1S/C15H19IN2O5/c1-15(2,3)23-14(20)12(17-13(19)9-16)8-10-4-6-11(7-5-10)18(21)22/h4-7,12H,8-9H2,1-3H3,(H,17,19)/t12-/m0/s1. The van der Waals surface area contributed by atoms with E-state index in [-0.39, 0.29) is 22.4 Å². The third-order valence-corrected chi connectivity index (χ3v) is 3.43. The van der Waals surface area contributed by atoms with E-state index in [2.05, 4.69) is 5.32 Å². The van der Waals surface area contributed by atoms with Gasteiger partial charge in [-0.1, -0.05) is 34.7 Å². The maximum absolute atomic E-state index is 12.2. The smallest absolute Gasteiger partial charge is 0.329 e. The number of hydrogen-bond donors (Lipinski definition) is 1. The van der Waals surface area contributed by atoms with Crippen LogP contribution in [-0.2, 0) is 20.7 Å². The molecule has 1 amide bonds. The molecule has 0 saturated carbocycles. The molecular weight excluding hydrogens is 415 g/mol. The Labute approximate surface area is 148 Å². The number of ether oxygens (including phenoxy) is 1. The number of nitro benzene ring substituents is 1. The van der Waals surface area contributed by atoms with Crippen molar-refractivity contribution in [2.75, 3.05) is 4.43 Å². The van der Waals surface area contributed by atoms with Crippen LogP contribution in [0.4, 0.5) is 5.69 Å². The molecule has 0 aliphatic carbocycles. The molecule has 8 heteroatoms. The zero-order chi connectivity index (χ0) is 17.6. The summed E-state index contributed by atoms with van der Waals surface area (Å²) < 4.78 is 5.53. The summed E-state index contributed by atoms with van der Waals surface area (Å²) in [5.74, 6) is -0.808. The van der Waals surface area contributed by atoms with Crippen molar-refractivity contribution in [1.82, 2.24) is 5.32 Å². The van der Waals surface area contributed by atoms with Gasteiger partial charge in [0.25, 0.3) is 5.69 Å². The number of carbonyl (C=O) groups excluding carboxylic acids is 2. The number of rotatable bonds is 6. The minimum atomic E-state index is -0.835. The molecule has 1 aromatic carbocycles. The number of nitrogens with zero attached hydrogens (tertiary/aromatic N) is 1. The van der Waals surface area contributed by atoms with Crippen molar-refractivity contribution in [3.05, 3.63) is 39.9 Å². The summed E-state index contributed by atoms with van der Waals surface area (Å²) in [6, 6.07) is 5.01. The lowest BCUT2D eigenvalue weighted by molar-refractivity contribution is -0.384. The van der Waals surface area contributed by atoms with E-state index < -0.39 is 22.5 Å². The van der Waals surface area contributed by atoms with E-state index in [0.717, 1.165) is 0 Å². The van der Waals surface area contributed by atoms with Gasteiger partial charge >= 0.3 is 5.97 Å². The second-order valence-corrected chi connectivity index (χ2v) is 6.68. The Morgan fingerprint density at radius 1 is 1.30 bits per heavy atom. The van der Waals surface area contributed by atoms with Crippen LogP contribution in [0.15, 0.2) is 24.3 Å². The van der Waals surface area contributed by atoms with E-state index in [4.69, 9.17) is 4.74 Å². The summed E-state index contributed by atoms with van der Waals surface area (Å²) in [5, 5.41) is 13.3. The van der Waals surface area contributed by atoms with Gasteiger partial charge in [-0.2, -0.15) is 0 Å². The number of non-ortho nitro benzene ring substituents is 1. The van der Waals surface area contributed by atoms with Gasteiger partial charge in [-0.15, -0.1) is 0 Å². The first-order chi connectivity index (χ1) is 10.6. The predicted octanol–water partition coefficient (Wildman–Crippen LogP) is 2.40. The topological polar surface area (TPSA) is 98.5 Å². The Balaban J connectivity index is 2.89. The molecule has 1 atom stereocenters.